The topological polar surface area (TPSA) is 66.4 Å². The predicted molar refractivity (Wildman–Crippen MR) is 41.8 cm³/mol. The molecule has 0 amide bonds. The average molecular weight is 236 g/mol. The third kappa shape index (κ3) is 24.7. The molecule has 0 atom stereocenters. The van der Waals surface area contributed by atoms with Gasteiger partial charge < -0.3 is 21.6 Å². The molecular formula is C8H12CuO4. The number of aliphatic carboxylic acids is 1. The Labute approximate surface area is 88.4 Å². The van der Waals surface area contributed by atoms with Gasteiger partial charge in [-0.15, -0.1) is 0 Å². The van der Waals surface area contributed by atoms with Gasteiger partial charge >= 0.3 is 23.0 Å². The zero-order valence-electron chi connectivity index (χ0n) is 7.56. The summed E-state index contributed by atoms with van der Waals surface area (Å²) < 4.78 is 4.45. The first-order valence-electron chi connectivity index (χ1n) is 3.21. The molecule has 4 nitrogen and oxygen atoms in total. The van der Waals surface area contributed by atoms with Crippen molar-refractivity contribution in [2.24, 2.45) is 0 Å². The van der Waals surface area contributed by atoms with Gasteiger partial charge in [-0.1, -0.05) is 6.58 Å². The minimum Gasteiger partial charge on any atom is -0.550 e. The number of carboxylic acids is 1. The first-order chi connectivity index (χ1) is 5.41. The predicted octanol–water partition coefficient (Wildman–Crippen LogP) is -0.307. The maximum Gasteiger partial charge on any atom is 2.00 e. The van der Waals surface area contributed by atoms with Crippen LogP contribution in [0.15, 0.2) is 12.2 Å². The molecule has 0 aromatic heterocycles. The van der Waals surface area contributed by atoms with Gasteiger partial charge in [-0.3, -0.25) is 0 Å². The van der Waals surface area contributed by atoms with E-state index < -0.39 is 5.97 Å². The fourth-order valence-electron chi connectivity index (χ4n) is 0.216. The van der Waals surface area contributed by atoms with E-state index >= 15 is 0 Å². The van der Waals surface area contributed by atoms with Crippen molar-refractivity contribution in [1.29, 1.82) is 0 Å². The molecule has 0 saturated carbocycles. The first-order valence-corrected chi connectivity index (χ1v) is 3.21. The largest absolute Gasteiger partial charge is 2.00 e. The van der Waals surface area contributed by atoms with E-state index in [4.69, 9.17) is 9.90 Å². The number of hydrogen-bond donors (Lipinski definition) is 0. The summed E-state index contributed by atoms with van der Waals surface area (Å²) in [6.45, 7) is 9.43. The van der Waals surface area contributed by atoms with Crippen LogP contribution in [-0.2, 0) is 31.4 Å². The minimum absolute atomic E-state index is 0. The summed E-state index contributed by atoms with van der Waals surface area (Å²) in [5.41, 5.74) is 0.411. The second-order valence-corrected chi connectivity index (χ2v) is 1.91. The van der Waals surface area contributed by atoms with Gasteiger partial charge in [-0.2, -0.15) is 0 Å². The van der Waals surface area contributed by atoms with E-state index in [2.05, 4.69) is 18.2 Å². The van der Waals surface area contributed by atoms with Crippen molar-refractivity contribution < 1.29 is 36.5 Å². The molecule has 0 aliphatic carbocycles. The second kappa shape index (κ2) is 11.2. The van der Waals surface area contributed by atoms with Crippen molar-refractivity contribution in [3.05, 3.63) is 19.1 Å². The number of carboxylic acid groups (broad SMARTS) is 1. The molecule has 5 heteroatoms. The molecule has 0 aromatic rings. The molecule has 0 spiro atoms. The number of rotatable bonds is 2. The molecule has 0 bridgehead atoms. The van der Waals surface area contributed by atoms with Gasteiger partial charge in [-0.25, -0.2) is 4.79 Å². The van der Waals surface area contributed by atoms with Crippen LogP contribution in [0.3, 0.4) is 0 Å². The third-order valence-corrected chi connectivity index (χ3v) is 0.582. The van der Waals surface area contributed by atoms with Gasteiger partial charge in [0.1, 0.15) is 0 Å². The Balaban J connectivity index is -0.000000173. The van der Waals surface area contributed by atoms with E-state index in [9.17, 15) is 4.79 Å². The first kappa shape index (κ1) is 18.1. The molecule has 0 unspecified atom stereocenters. The van der Waals surface area contributed by atoms with Crippen LogP contribution in [0.2, 0.25) is 0 Å². The standard InChI is InChI=1S/C6H9O2.C2H4O2.Cu/c1-4-8-6(7)5(2)3;1-2(3)4;/h1-2,4H2,3H3;1H3,(H,3,4);/q-1;;+2/p-1. The summed E-state index contributed by atoms with van der Waals surface area (Å²) in [6, 6.07) is 0. The normalized spacial score (nSPS) is 7.00. The van der Waals surface area contributed by atoms with Gasteiger partial charge in [0.15, 0.2) is 0 Å². The minimum atomic E-state index is -1.08. The van der Waals surface area contributed by atoms with Crippen molar-refractivity contribution >= 4 is 11.9 Å². The van der Waals surface area contributed by atoms with E-state index in [0.717, 1.165) is 6.92 Å². The van der Waals surface area contributed by atoms with E-state index in [1.54, 1.807) is 6.92 Å². The molecule has 0 aliphatic heterocycles. The molecule has 79 valence electrons. The Morgan fingerprint density at radius 2 is 1.77 bits per heavy atom. The van der Waals surface area contributed by atoms with Gasteiger partial charge in [0.2, 0.25) is 0 Å². The van der Waals surface area contributed by atoms with Crippen molar-refractivity contribution in [3.63, 3.8) is 0 Å². The molecule has 0 rings (SSSR count). The summed E-state index contributed by atoms with van der Waals surface area (Å²) >= 11 is 0. The smallest absolute Gasteiger partial charge is 0.550 e. The second-order valence-electron chi connectivity index (χ2n) is 1.91. The zero-order chi connectivity index (χ0) is 10.1. The maximum atomic E-state index is 10.4. The molecular weight excluding hydrogens is 224 g/mol. The fourth-order valence-corrected chi connectivity index (χ4v) is 0.216. The molecule has 1 radical (unpaired) electrons. The monoisotopic (exact) mass is 235 g/mol. The maximum absolute atomic E-state index is 10.4. The SMILES string of the molecule is C=C(C)C(=O)OC[CH2-].CC(=O)[O-].[Cu+2]. The molecule has 0 aromatic carbocycles. The summed E-state index contributed by atoms with van der Waals surface area (Å²) in [5.74, 6) is -1.46. The zero-order valence-corrected chi connectivity index (χ0v) is 8.50. The van der Waals surface area contributed by atoms with Crippen LogP contribution >= 0.6 is 0 Å². The molecule has 13 heavy (non-hydrogen) atoms. The van der Waals surface area contributed by atoms with E-state index in [-0.39, 0.29) is 29.6 Å². The molecule has 0 saturated heterocycles. The Morgan fingerprint density at radius 3 is 1.85 bits per heavy atom. The van der Waals surface area contributed by atoms with E-state index in [1.165, 1.54) is 0 Å². The Bertz CT molecular complexity index is 173. The number of carbonyl (C=O) groups excluding carboxylic acids is 2. The number of esters is 1. The van der Waals surface area contributed by atoms with Crippen LogP contribution in [0.1, 0.15) is 13.8 Å². The summed E-state index contributed by atoms with van der Waals surface area (Å²) in [4.78, 5) is 19.3. The van der Waals surface area contributed by atoms with E-state index in [1.807, 2.05) is 0 Å². The summed E-state index contributed by atoms with van der Waals surface area (Å²) in [5, 5.41) is 8.89. The van der Waals surface area contributed by atoms with Crippen LogP contribution in [-0.4, -0.2) is 18.5 Å². The Kier molecular flexibility index (Phi) is 15.6. The van der Waals surface area contributed by atoms with Gasteiger partial charge in [-0.05, 0) is 20.5 Å². The van der Waals surface area contributed by atoms with Crippen molar-refractivity contribution in [3.8, 4) is 0 Å². The van der Waals surface area contributed by atoms with Crippen molar-refractivity contribution in [1.82, 2.24) is 0 Å². The summed E-state index contributed by atoms with van der Waals surface area (Å²) in [7, 11) is 0. The number of hydrogen-bond acceptors (Lipinski definition) is 4. The molecule has 0 fully saturated rings. The number of carbonyl (C=O) groups is 2. The molecule has 0 heterocycles. The van der Waals surface area contributed by atoms with Crippen LogP contribution in [0.4, 0.5) is 0 Å². The Morgan fingerprint density at radius 1 is 1.46 bits per heavy atom. The van der Waals surface area contributed by atoms with Crippen molar-refractivity contribution in [2.45, 2.75) is 13.8 Å². The molecule has 0 aliphatic rings. The molecule has 0 N–H and O–H groups in total. The Hall–Kier alpha value is -0.801. The van der Waals surface area contributed by atoms with Gasteiger partial charge in [0.25, 0.3) is 0 Å². The van der Waals surface area contributed by atoms with Crippen LogP contribution in [0.5, 0.6) is 0 Å². The average Bonchev–Trinajstić information content (AvgIpc) is 1.86. The third-order valence-electron chi connectivity index (χ3n) is 0.582. The quantitative estimate of drug-likeness (QED) is 0.285. The van der Waals surface area contributed by atoms with Crippen LogP contribution in [0.25, 0.3) is 0 Å². The van der Waals surface area contributed by atoms with Gasteiger partial charge in [0, 0.05) is 11.5 Å². The van der Waals surface area contributed by atoms with Crippen LogP contribution < -0.4 is 5.11 Å². The van der Waals surface area contributed by atoms with Crippen LogP contribution in [0, 0.1) is 6.92 Å². The fraction of sp³-hybridized carbons (Fsp3) is 0.375. The van der Waals surface area contributed by atoms with E-state index in [0.29, 0.717) is 5.57 Å². The van der Waals surface area contributed by atoms with Gasteiger partial charge in [0.05, 0.1) is 0 Å². The summed E-state index contributed by atoms with van der Waals surface area (Å²) in [6.07, 6.45) is 0. The number of ether oxygens (including phenoxy) is 1. The van der Waals surface area contributed by atoms with Crippen molar-refractivity contribution in [2.75, 3.05) is 6.61 Å².